The molecule has 0 spiro atoms. The molecule has 1 atom stereocenters. The summed E-state index contributed by atoms with van der Waals surface area (Å²) >= 11 is 0. The molecule has 0 amide bonds. The Balaban J connectivity index is 2.43. The SMILES string of the molecule is CCn1cccc(C(N)c2ccc(C)cc2)c1=O. The van der Waals surface area contributed by atoms with Crippen LogP contribution in [0.4, 0.5) is 0 Å². The summed E-state index contributed by atoms with van der Waals surface area (Å²) in [5, 5.41) is 0. The lowest BCUT2D eigenvalue weighted by atomic mass is 10.00. The molecule has 2 N–H and O–H groups in total. The topological polar surface area (TPSA) is 48.0 Å². The maximum atomic E-state index is 12.2. The van der Waals surface area contributed by atoms with Gasteiger partial charge in [0, 0.05) is 18.3 Å². The largest absolute Gasteiger partial charge is 0.320 e. The second kappa shape index (κ2) is 5.19. The summed E-state index contributed by atoms with van der Waals surface area (Å²) in [4.78, 5) is 12.2. The molecule has 18 heavy (non-hydrogen) atoms. The molecule has 0 fully saturated rings. The molecule has 3 nitrogen and oxygen atoms in total. The van der Waals surface area contributed by atoms with Crippen LogP contribution in [0.2, 0.25) is 0 Å². The van der Waals surface area contributed by atoms with E-state index in [0.717, 1.165) is 5.56 Å². The van der Waals surface area contributed by atoms with Crippen LogP contribution in [0.3, 0.4) is 0 Å². The van der Waals surface area contributed by atoms with E-state index in [1.165, 1.54) is 5.56 Å². The highest BCUT2D eigenvalue weighted by Crippen LogP contribution is 2.16. The Morgan fingerprint density at radius 3 is 2.50 bits per heavy atom. The van der Waals surface area contributed by atoms with Crippen molar-refractivity contribution in [2.24, 2.45) is 5.73 Å². The first-order valence-corrected chi connectivity index (χ1v) is 6.15. The Labute approximate surface area is 107 Å². The fraction of sp³-hybridized carbons (Fsp3) is 0.267. The van der Waals surface area contributed by atoms with E-state index in [2.05, 4.69) is 0 Å². The zero-order chi connectivity index (χ0) is 13.1. The van der Waals surface area contributed by atoms with Gasteiger partial charge >= 0.3 is 0 Å². The number of pyridine rings is 1. The molecule has 0 bridgehead atoms. The molecule has 1 aromatic heterocycles. The monoisotopic (exact) mass is 242 g/mol. The molecular formula is C15H18N2O. The zero-order valence-electron chi connectivity index (χ0n) is 10.8. The van der Waals surface area contributed by atoms with Crippen LogP contribution < -0.4 is 11.3 Å². The van der Waals surface area contributed by atoms with Gasteiger partial charge in [0.25, 0.3) is 5.56 Å². The smallest absolute Gasteiger partial charge is 0.255 e. The summed E-state index contributed by atoms with van der Waals surface area (Å²) in [6, 6.07) is 11.3. The van der Waals surface area contributed by atoms with Gasteiger partial charge < -0.3 is 10.3 Å². The number of hydrogen-bond donors (Lipinski definition) is 1. The van der Waals surface area contributed by atoms with Gasteiger partial charge in [0.2, 0.25) is 0 Å². The van der Waals surface area contributed by atoms with E-state index in [1.807, 2.05) is 44.2 Å². The molecule has 2 rings (SSSR count). The number of benzene rings is 1. The van der Waals surface area contributed by atoms with Gasteiger partial charge in [-0.25, -0.2) is 0 Å². The lowest BCUT2D eigenvalue weighted by Gasteiger charge is -2.13. The van der Waals surface area contributed by atoms with Gasteiger partial charge in [-0.05, 0) is 25.5 Å². The molecule has 0 radical (unpaired) electrons. The summed E-state index contributed by atoms with van der Waals surface area (Å²) in [7, 11) is 0. The Bertz CT molecular complexity index is 584. The van der Waals surface area contributed by atoms with Crippen LogP contribution >= 0.6 is 0 Å². The molecule has 2 aromatic rings. The molecule has 1 heterocycles. The molecule has 3 heteroatoms. The lowest BCUT2D eigenvalue weighted by molar-refractivity contribution is 0.701. The van der Waals surface area contributed by atoms with E-state index in [4.69, 9.17) is 5.73 Å². The minimum Gasteiger partial charge on any atom is -0.320 e. The molecule has 0 saturated carbocycles. The normalized spacial score (nSPS) is 12.4. The Morgan fingerprint density at radius 2 is 1.89 bits per heavy atom. The standard InChI is InChI=1S/C15H18N2O/c1-3-17-10-4-5-13(15(17)18)14(16)12-8-6-11(2)7-9-12/h4-10,14H,3,16H2,1-2H3. The summed E-state index contributed by atoms with van der Waals surface area (Å²) in [6.07, 6.45) is 1.79. The van der Waals surface area contributed by atoms with E-state index in [1.54, 1.807) is 16.8 Å². The number of rotatable bonds is 3. The van der Waals surface area contributed by atoms with Crippen LogP contribution in [-0.4, -0.2) is 4.57 Å². The van der Waals surface area contributed by atoms with Crippen molar-refractivity contribution in [2.45, 2.75) is 26.4 Å². The zero-order valence-corrected chi connectivity index (χ0v) is 10.8. The van der Waals surface area contributed by atoms with Gasteiger partial charge in [-0.15, -0.1) is 0 Å². The second-order valence-corrected chi connectivity index (χ2v) is 4.44. The molecule has 1 unspecified atom stereocenters. The lowest BCUT2D eigenvalue weighted by Crippen LogP contribution is -2.27. The van der Waals surface area contributed by atoms with E-state index in [-0.39, 0.29) is 11.6 Å². The van der Waals surface area contributed by atoms with E-state index >= 15 is 0 Å². The van der Waals surface area contributed by atoms with Crippen molar-refractivity contribution in [1.29, 1.82) is 0 Å². The van der Waals surface area contributed by atoms with Crippen LogP contribution in [-0.2, 0) is 6.54 Å². The van der Waals surface area contributed by atoms with Crippen molar-refractivity contribution in [1.82, 2.24) is 4.57 Å². The molecular weight excluding hydrogens is 224 g/mol. The predicted octanol–water partition coefficient (Wildman–Crippen LogP) is 2.22. The Kier molecular flexibility index (Phi) is 3.63. The minimum atomic E-state index is -0.364. The van der Waals surface area contributed by atoms with E-state index in [0.29, 0.717) is 12.1 Å². The first-order chi connectivity index (χ1) is 8.63. The molecule has 0 aliphatic carbocycles. The first-order valence-electron chi connectivity index (χ1n) is 6.15. The third-order valence-electron chi connectivity index (χ3n) is 3.16. The minimum absolute atomic E-state index is 0.00641. The molecule has 94 valence electrons. The van der Waals surface area contributed by atoms with Crippen molar-refractivity contribution in [2.75, 3.05) is 0 Å². The predicted molar refractivity (Wildman–Crippen MR) is 73.6 cm³/mol. The first kappa shape index (κ1) is 12.6. The third kappa shape index (κ3) is 2.36. The maximum absolute atomic E-state index is 12.2. The summed E-state index contributed by atoms with van der Waals surface area (Å²) in [5.74, 6) is 0. The van der Waals surface area contributed by atoms with Gasteiger partial charge in [0.15, 0.2) is 0 Å². The summed E-state index contributed by atoms with van der Waals surface area (Å²) < 4.78 is 1.67. The second-order valence-electron chi connectivity index (χ2n) is 4.44. The molecule has 0 aliphatic heterocycles. The van der Waals surface area contributed by atoms with Gasteiger partial charge in [-0.2, -0.15) is 0 Å². The van der Waals surface area contributed by atoms with Gasteiger partial charge in [-0.3, -0.25) is 4.79 Å². The van der Waals surface area contributed by atoms with Crippen LogP contribution in [0.25, 0.3) is 0 Å². The molecule has 1 aromatic carbocycles. The highest BCUT2D eigenvalue weighted by Gasteiger charge is 2.13. The Hall–Kier alpha value is -1.87. The quantitative estimate of drug-likeness (QED) is 0.897. The fourth-order valence-corrected chi connectivity index (χ4v) is 1.99. The van der Waals surface area contributed by atoms with E-state index in [9.17, 15) is 4.79 Å². The van der Waals surface area contributed by atoms with Crippen molar-refractivity contribution >= 4 is 0 Å². The van der Waals surface area contributed by atoms with Crippen molar-refractivity contribution < 1.29 is 0 Å². The summed E-state index contributed by atoms with van der Waals surface area (Å²) in [6.45, 7) is 4.64. The van der Waals surface area contributed by atoms with Crippen LogP contribution in [0, 0.1) is 6.92 Å². The Morgan fingerprint density at radius 1 is 1.22 bits per heavy atom. The van der Waals surface area contributed by atoms with Crippen molar-refractivity contribution in [3.8, 4) is 0 Å². The summed E-state index contributed by atoms with van der Waals surface area (Å²) in [5.41, 5.74) is 8.96. The number of nitrogens with two attached hydrogens (primary N) is 1. The number of aromatic nitrogens is 1. The average molecular weight is 242 g/mol. The van der Waals surface area contributed by atoms with Gasteiger partial charge in [-0.1, -0.05) is 35.9 Å². The fourth-order valence-electron chi connectivity index (χ4n) is 1.99. The van der Waals surface area contributed by atoms with Gasteiger partial charge in [0.1, 0.15) is 0 Å². The highest BCUT2D eigenvalue weighted by molar-refractivity contribution is 5.31. The van der Waals surface area contributed by atoms with Crippen LogP contribution in [0.1, 0.15) is 29.7 Å². The average Bonchev–Trinajstić information content (AvgIpc) is 2.39. The van der Waals surface area contributed by atoms with Crippen LogP contribution in [0.5, 0.6) is 0 Å². The third-order valence-corrected chi connectivity index (χ3v) is 3.16. The highest BCUT2D eigenvalue weighted by atomic mass is 16.1. The maximum Gasteiger partial charge on any atom is 0.255 e. The van der Waals surface area contributed by atoms with E-state index < -0.39 is 0 Å². The molecule has 0 aliphatic rings. The number of nitrogens with zero attached hydrogens (tertiary/aromatic N) is 1. The van der Waals surface area contributed by atoms with Crippen molar-refractivity contribution in [3.63, 3.8) is 0 Å². The van der Waals surface area contributed by atoms with Crippen molar-refractivity contribution in [3.05, 3.63) is 69.6 Å². The van der Waals surface area contributed by atoms with Gasteiger partial charge in [0.05, 0.1) is 6.04 Å². The van der Waals surface area contributed by atoms with Crippen LogP contribution in [0.15, 0.2) is 47.4 Å². The number of hydrogen-bond acceptors (Lipinski definition) is 2. The number of aryl methyl sites for hydroxylation is 2. The molecule has 0 saturated heterocycles.